The highest BCUT2D eigenvalue weighted by Crippen LogP contribution is 2.35. The number of aromatic nitrogens is 1. The van der Waals surface area contributed by atoms with Gasteiger partial charge in [-0.15, -0.1) is 11.3 Å². The molecular formula is C15H12ClNO2S. The van der Waals surface area contributed by atoms with E-state index in [-0.39, 0.29) is 0 Å². The second-order valence-corrected chi connectivity index (χ2v) is 5.70. The molecular weight excluding hydrogens is 294 g/mol. The normalized spacial score (nSPS) is 10.8. The fourth-order valence-electron chi connectivity index (χ4n) is 1.95. The maximum absolute atomic E-state index is 6.01. The van der Waals surface area contributed by atoms with Gasteiger partial charge in [0.1, 0.15) is 16.5 Å². The number of methoxy groups -OCH3 is 2. The first-order valence-corrected chi connectivity index (χ1v) is 7.18. The minimum Gasteiger partial charge on any atom is -0.497 e. The summed E-state index contributed by atoms with van der Waals surface area (Å²) in [6.07, 6.45) is 0. The van der Waals surface area contributed by atoms with E-state index in [4.69, 9.17) is 21.1 Å². The summed E-state index contributed by atoms with van der Waals surface area (Å²) in [5, 5.41) is 1.63. The van der Waals surface area contributed by atoms with Crippen LogP contribution in [0, 0.1) is 0 Å². The van der Waals surface area contributed by atoms with Gasteiger partial charge in [-0.2, -0.15) is 0 Å². The first kappa shape index (κ1) is 13.2. The second-order valence-electron chi connectivity index (χ2n) is 4.23. The van der Waals surface area contributed by atoms with E-state index < -0.39 is 0 Å². The Labute approximate surface area is 125 Å². The lowest BCUT2D eigenvalue weighted by molar-refractivity contribution is 0.394. The largest absolute Gasteiger partial charge is 0.497 e. The van der Waals surface area contributed by atoms with Gasteiger partial charge in [0, 0.05) is 16.7 Å². The van der Waals surface area contributed by atoms with Crippen molar-refractivity contribution in [2.24, 2.45) is 0 Å². The average molecular weight is 306 g/mol. The van der Waals surface area contributed by atoms with Crippen LogP contribution in [-0.2, 0) is 0 Å². The number of thiazole rings is 1. The van der Waals surface area contributed by atoms with E-state index in [1.165, 1.54) is 0 Å². The maximum atomic E-state index is 6.01. The summed E-state index contributed by atoms with van der Waals surface area (Å²) in [7, 11) is 3.27. The SMILES string of the molecule is COc1cc(OC)cc(-c2nc3ccc(Cl)cc3s2)c1. The molecule has 0 aliphatic heterocycles. The average Bonchev–Trinajstić information content (AvgIpc) is 2.89. The van der Waals surface area contributed by atoms with Crippen molar-refractivity contribution in [1.29, 1.82) is 0 Å². The number of hydrogen-bond acceptors (Lipinski definition) is 4. The van der Waals surface area contributed by atoms with E-state index in [0.717, 1.165) is 37.3 Å². The predicted octanol–water partition coefficient (Wildman–Crippen LogP) is 4.63. The second kappa shape index (κ2) is 5.31. The molecule has 0 fully saturated rings. The van der Waals surface area contributed by atoms with Crippen LogP contribution in [0.15, 0.2) is 36.4 Å². The van der Waals surface area contributed by atoms with Gasteiger partial charge in [0.25, 0.3) is 0 Å². The molecule has 3 aromatic rings. The summed E-state index contributed by atoms with van der Waals surface area (Å²) < 4.78 is 11.6. The van der Waals surface area contributed by atoms with Crippen LogP contribution in [0.3, 0.4) is 0 Å². The zero-order valence-corrected chi connectivity index (χ0v) is 12.6. The first-order chi connectivity index (χ1) is 9.69. The Kier molecular flexibility index (Phi) is 3.51. The van der Waals surface area contributed by atoms with Crippen LogP contribution in [0.4, 0.5) is 0 Å². The molecule has 0 atom stereocenters. The Morgan fingerprint density at radius 1 is 1.00 bits per heavy atom. The first-order valence-electron chi connectivity index (χ1n) is 5.99. The van der Waals surface area contributed by atoms with Crippen molar-refractivity contribution >= 4 is 33.2 Å². The molecule has 1 heterocycles. The van der Waals surface area contributed by atoms with Crippen molar-refractivity contribution in [1.82, 2.24) is 4.98 Å². The van der Waals surface area contributed by atoms with Gasteiger partial charge in [0.05, 0.1) is 24.4 Å². The van der Waals surface area contributed by atoms with Crippen LogP contribution in [0.2, 0.25) is 5.02 Å². The van der Waals surface area contributed by atoms with Crippen molar-refractivity contribution in [3.05, 3.63) is 41.4 Å². The zero-order valence-electron chi connectivity index (χ0n) is 11.0. The highest BCUT2D eigenvalue weighted by molar-refractivity contribution is 7.21. The summed E-state index contributed by atoms with van der Waals surface area (Å²) in [5.41, 5.74) is 1.91. The number of fused-ring (bicyclic) bond motifs is 1. The lowest BCUT2D eigenvalue weighted by Crippen LogP contribution is -1.88. The van der Waals surface area contributed by atoms with Gasteiger partial charge in [-0.1, -0.05) is 11.6 Å². The molecule has 0 unspecified atom stereocenters. The molecule has 0 spiro atoms. The van der Waals surface area contributed by atoms with Crippen molar-refractivity contribution < 1.29 is 9.47 Å². The summed E-state index contributed by atoms with van der Waals surface area (Å²) >= 11 is 7.60. The molecule has 102 valence electrons. The van der Waals surface area contributed by atoms with Crippen LogP contribution in [-0.4, -0.2) is 19.2 Å². The van der Waals surface area contributed by atoms with Gasteiger partial charge in [0.15, 0.2) is 0 Å². The van der Waals surface area contributed by atoms with Crippen molar-refractivity contribution in [2.45, 2.75) is 0 Å². The van der Waals surface area contributed by atoms with E-state index in [9.17, 15) is 0 Å². The van der Waals surface area contributed by atoms with Gasteiger partial charge >= 0.3 is 0 Å². The minimum absolute atomic E-state index is 0.718. The monoisotopic (exact) mass is 305 g/mol. The number of benzene rings is 2. The standard InChI is InChI=1S/C15H12ClNO2S/c1-18-11-5-9(6-12(8-11)19-2)15-17-13-4-3-10(16)7-14(13)20-15/h3-8H,1-2H3. The maximum Gasteiger partial charge on any atom is 0.124 e. The Hall–Kier alpha value is -1.78. The summed E-state index contributed by atoms with van der Waals surface area (Å²) in [6, 6.07) is 11.4. The van der Waals surface area contributed by atoms with Crippen molar-refractivity contribution in [3.63, 3.8) is 0 Å². The third-order valence-corrected chi connectivity index (χ3v) is 4.25. The summed E-state index contributed by atoms with van der Waals surface area (Å²) in [4.78, 5) is 4.62. The fraction of sp³-hybridized carbons (Fsp3) is 0.133. The molecule has 5 heteroatoms. The predicted molar refractivity (Wildman–Crippen MR) is 83.2 cm³/mol. The molecule has 0 aliphatic carbocycles. The van der Waals surface area contributed by atoms with E-state index in [0.29, 0.717) is 0 Å². The van der Waals surface area contributed by atoms with Crippen LogP contribution >= 0.6 is 22.9 Å². The van der Waals surface area contributed by atoms with E-state index >= 15 is 0 Å². The molecule has 0 bridgehead atoms. The summed E-state index contributed by atoms with van der Waals surface area (Å²) in [6.45, 7) is 0. The molecule has 0 aliphatic rings. The summed E-state index contributed by atoms with van der Waals surface area (Å²) in [5.74, 6) is 1.49. The molecule has 1 aromatic heterocycles. The lowest BCUT2D eigenvalue weighted by atomic mass is 10.2. The van der Waals surface area contributed by atoms with Gasteiger partial charge < -0.3 is 9.47 Å². The number of rotatable bonds is 3. The zero-order chi connectivity index (χ0) is 14.1. The molecule has 3 rings (SSSR count). The molecule has 0 amide bonds. The van der Waals surface area contributed by atoms with Crippen LogP contribution in [0.1, 0.15) is 0 Å². The highest BCUT2D eigenvalue weighted by Gasteiger charge is 2.10. The van der Waals surface area contributed by atoms with Gasteiger partial charge in [-0.05, 0) is 30.3 Å². The lowest BCUT2D eigenvalue weighted by Gasteiger charge is -2.06. The van der Waals surface area contributed by atoms with Gasteiger partial charge in [-0.25, -0.2) is 4.98 Å². The molecule has 2 aromatic carbocycles. The Bertz CT molecular complexity index is 747. The number of ether oxygens (including phenoxy) is 2. The third-order valence-electron chi connectivity index (χ3n) is 2.95. The molecule has 0 saturated carbocycles. The number of hydrogen-bond donors (Lipinski definition) is 0. The quantitative estimate of drug-likeness (QED) is 0.706. The number of nitrogens with zero attached hydrogens (tertiary/aromatic N) is 1. The van der Waals surface area contributed by atoms with E-state index in [1.54, 1.807) is 25.6 Å². The Balaban J connectivity index is 2.14. The molecule has 20 heavy (non-hydrogen) atoms. The molecule has 0 N–H and O–H groups in total. The van der Waals surface area contributed by atoms with E-state index in [1.807, 2.05) is 36.4 Å². The van der Waals surface area contributed by atoms with Crippen molar-refractivity contribution in [3.8, 4) is 22.1 Å². The van der Waals surface area contributed by atoms with Gasteiger partial charge in [-0.3, -0.25) is 0 Å². The third kappa shape index (κ3) is 2.44. The smallest absolute Gasteiger partial charge is 0.124 e. The van der Waals surface area contributed by atoms with Gasteiger partial charge in [0.2, 0.25) is 0 Å². The van der Waals surface area contributed by atoms with Crippen LogP contribution in [0.25, 0.3) is 20.8 Å². The van der Waals surface area contributed by atoms with E-state index in [2.05, 4.69) is 4.98 Å². The highest BCUT2D eigenvalue weighted by atomic mass is 35.5. The molecule has 0 radical (unpaired) electrons. The molecule has 0 saturated heterocycles. The fourth-order valence-corrected chi connectivity index (χ4v) is 3.18. The minimum atomic E-state index is 0.718. The Morgan fingerprint density at radius 3 is 2.35 bits per heavy atom. The van der Waals surface area contributed by atoms with Crippen LogP contribution < -0.4 is 9.47 Å². The molecule has 3 nitrogen and oxygen atoms in total. The Morgan fingerprint density at radius 2 is 1.70 bits per heavy atom. The van der Waals surface area contributed by atoms with Crippen molar-refractivity contribution in [2.75, 3.05) is 14.2 Å². The topological polar surface area (TPSA) is 31.4 Å². The number of halogens is 1. The van der Waals surface area contributed by atoms with Crippen LogP contribution in [0.5, 0.6) is 11.5 Å².